The highest BCUT2D eigenvalue weighted by molar-refractivity contribution is 5.74. The van der Waals surface area contributed by atoms with E-state index in [1.807, 2.05) is 13.8 Å². The fraction of sp³-hybridized carbons (Fsp3) is 0.875. The van der Waals surface area contributed by atoms with Crippen LogP contribution >= 0.6 is 0 Å². The number of likely N-dealkylation sites (tertiary alicyclic amines) is 1. The van der Waals surface area contributed by atoms with E-state index in [1.165, 1.54) is 0 Å². The lowest BCUT2D eigenvalue weighted by Gasteiger charge is -2.18. The molecule has 70 valence electrons. The third kappa shape index (κ3) is 2.37. The molecule has 1 aliphatic heterocycles. The van der Waals surface area contributed by atoms with E-state index in [-0.39, 0.29) is 18.1 Å². The molecule has 0 aromatic heterocycles. The Bertz CT molecular complexity index is 170. The zero-order valence-corrected chi connectivity index (χ0v) is 7.71. The van der Waals surface area contributed by atoms with Gasteiger partial charge in [0.15, 0.2) is 0 Å². The minimum Gasteiger partial charge on any atom is -0.336 e. The van der Waals surface area contributed by atoms with Crippen molar-refractivity contribution in [3.63, 3.8) is 0 Å². The van der Waals surface area contributed by atoms with E-state index in [0.717, 1.165) is 13.0 Å². The van der Waals surface area contributed by atoms with Crippen LogP contribution in [0.25, 0.3) is 0 Å². The predicted octanol–water partition coefficient (Wildman–Crippen LogP) is 0.137. The van der Waals surface area contributed by atoms with Gasteiger partial charge in [0.1, 0.15) is 0 Å². The van der Waals surface area contributed by atoms with Gasteiger partial charge in [-0.1, -0.05) is 0 Å². The van der Waals surface area contributed by atoms with Gasteiger partial charge in [0, 0.05) is 25.2 Å². The molecule has 1 aliphatic rings. The summed E-state index contributed by atoms with van der Waals surface area (Å²) in [6.45, 7) is 5.39. The number of amides is 2. The summed E-state index contributed by atoms with van der Waals surface area (Å²) in [6.07, 6.45) is 0.922. The van der Waals surface area contributed by atoms with Crippen molar-refractivity contribution in [2.75, 3.05) is 13.1 Å². The van der Waals surface area contributed by atoms with Crippen LogP contribution in [0.4, 0.5) is 4.79 Å². The number of carbonyl (C=O) groups is 1. The van der Waals surface area contributed by atoms with Crippen LogP contribution in [0.15, 0.2) is 0 Å². The van der Waals surface area contributed by atoms with Crippen molar-refractivity contribution in [1.29, 1.82) is 0 Å². The number of hydrogen-bond acceptors (Lipinski definition) is 2. The van der Waals surface area contributed by atoms with Crippen LogP contribution in [0.1, 0.15) is 20.3 Å². The van der Waals surface area contributed by atoms with E-state index in [2.05, 4.69) is 5.32 Å². The minimum absolute atomic E-state index is 0.0120. The first-order chi connectivity index (χ1) is 5.59. The maximum absolute atomic E-state index is 11.4. The third-order valence-electron chi connectivity index (χ3n) is 1.92. The minimum atomic E-state index is 0.0120. The van der Waals surface area contributed by atoms with E-state index in [1.54, 1.807) is 4.90 Å². The quantitative estimate of drug-likeness (QED) is 0.589. The molecule has 0 aliphatic carbocycles. The Morgan fingerprint density at radius 3 is 2.75 bits per heavy atom. The lowest BCUT2D eigenvalue weighted by Crippen LogP contribution is -2.42. The smallest absolute Gasteiger partial charge is 0.317 e. The predicted molar refractivity (Wildman–Crippen MR) is 47.8 cm³/mol. The van der Waals surface area contributed by atoms with Gasteiger partial charge in [0.25, 0.3) is 0 Å². The second-order valence-electron chi connectivity index (χ2n) is 3.60. The Balaban J connectivity index is 2.33. The average Bonchev–Trinajstić information content (AvgIpc) is 2.34. The zero-order chi connectivity index (χ0) is 9.14. The molecule has 0 spiro atoms. The molecule has 0 unspecified atom stereocenters. The number of hydrogen-bond donors (Lipinski definition) is 2. The van der Waals surface area contributed by atoms with E-state index in [4.69, 9.17) is 5.73 Å². The van der Waals surface area contributed by atoms with Gasteiger partial charge >= 0.3 is 6.03 Å². The lowest BCUT2D eigenvalue weighted by atomic mass is 10.3. The summed E-state index contributed by atoms with van der Waals surface area (Å²) in [4.78, 5) is 13.1. The summed E-state index contributed by atoms with van der Waals surface area (Å²) in [5.74, 6) is 0. The first kappa shape index (κ1) is 9.32. The van der Waals surface area contributed by atoms with Crippen molar-refractivity contribution in [1.82, 2.24) is 10.2 Å². The van der Waals surface area contributed by atoms with Crippen LogP contribution in [0, 0.1) is 0 Å². The fourth-order valence-corrected chi connectivity index (χ4v) is 1.31. The Labute approximate surface area is 73.1 Å². The van der Waals surface area contributed by atoms with Crippen LogP contribution in [-0.4, -0.2) is 36.1 Å². The number of nitrogens with two attached hydrogens (primary N) is 1. The first-order valence-corrected chi connectivity index (χ1v) is 4.40. The summed E-state index contributed by atoms with van der Waals surface area (Å²) in [5.41, 5.74) is 5.67. The van der Waals surface area contributed by atoms with Gasteiger partial charge in [-0.05, 0) is 20.3 Å². The molecule has 0 aromatic rings. The SMILES string of the molecule is CC(C)NC(=O)N1CC[C@H](N)C1. The molecule has 1 fully saturated rings. The van der Waals surface area contributed by atoms with Crippen molar-refractivity contribution in [2.45, 2.75) is 32.4 Å². The average molecular weight is 171 g/mol. The second kappa shape index (κ2) is 3.76. The summed E-state index contributed by atoms with van der Waals surface area (Å²) < 4.78 is 0. The zero-order valence-electron chi connectivity index (χ0n) is 7.71. The van der Waals surface area contributed by atoms with Gasteiger partial charge < -0.3 is 16.0 Å². The molecule has 1 atom stereocenters. The summed E-state index contributed by atoms with van der Waals surface area (Å²) in [7, 11) is 0. The molecule has 2 amide bonds. The molecule has 0 aromatic carbocycles. The van der Waals surface area contributed by atoms with E-state index in [9.17, 15) is 4.79 Å². The summed E-state index contributed by atoms with van der Waals surface area (Å²) in [6, 6.07) is 0.384. The first-order valence-electron chi connectivity index (χ1n) is 4.40. The summed E-state index contributed by atoms with van der Waals surface area (Å²) >= 11 is 0. The van der Waals surface area contributed by atoms with Crippen LogP contribution in [0.3, 0.4) is 0 Å². The number of rotatable bonds is 1. The lowest BCUT2D eigenvalue weighted by molar-refractivity contribution is 0.205. The van der Waals surface area contributed by atoms with Crippen LogP contribution in [-0.2, 0) is 0 Å². The molecule has 12 heavy (non-hydrogen) atoms. The van der Waals surface area contributed by atoms with Crippen LogP contribution in [0.2, 0.25) is 0 Å². The highest BCUT2D eigenvalue weighted by Gasteiger charge is 2.23. The molecule has 0 bridgehead atoms. The van der Waals surface area contributed by atoms with Crippen molar-refractivity contribution < 1.29 is 4.79 Å². The van der Waals surface area contributed by atoms with Gasteiger partial charge in [-0.2, -0.15) is 0 Å². The van der Waals surface area contributed by atoms with Gasteiger partial charge in [-0.3, -0.25) is 0 Å². The van der Waals surface area contributed by atoms with Crippen LogP contribution in [0.5, 0.6) is 0 Å². The summed E-state index contributed by atoms with van der Waals surface area (Å²) in [5, 5.41) is 2.84. The standard InChI is InChI=1S/C8H17N3O/c1-6(2)10-8(12)11-4-3-7(9)5-11/h6-7H,3-5,9H2,1-2H3,(H,10,12)/t7-/m0/s1. The van der Waals surface area contributed by atoms with Gasteiger partial charge in [0.05, 0.1) is 0 Å². The Morgan fingerprint density at radius 2 is 2.33 bits per heavy atom. The topological polar surface area (TPSA) is 58.4 Å². The molecule has 3 N–H and O–H groups in total. The normalized spacial score (nSPS) is 23.3. The molecule has 4 heteroatoms. The fourth-order valence-electron chi connectivity index (χ4n) is 1.31. The van der Waals surface area contributed by atoms with Gasteiger partial charge in [-0.25, -0.2) is 4.79 Å². The van der Waals surface area contributed by atoms with E-state index in [0.29, 0.717) is 6.54 Å². The third-order valence-corrected chi connectivity index (χ3v) is 1.92. The molecule has 0 saturated carbocycles. The van der Waals surface area contributed by atoms with Crippen molar-refractivity contribution in [2.24, 2.45) is 5.73 Å². The molecule has 0 radical (unpaired) electrons. The molecular formula is C8H17N3O. The van der Waals surface area contributed by atoms with Gasteiger partial charge in [0.2, 0.25) is 0 Å². The molecule has 1 saturated heterocycles. The number of urea groups is 1. The van der Waals surface area contributed by atoms with Gasteiger partial charge in [-0.15, -0.1) is 0 Å². The maximum Gasteiger partial charge on any atom is 0.317 e. The van der Waals surface area contributed by atoms with E-state index < -0.39 is 0 Å². The highest BCUT2D eigenvalue weighted by Crippen LogP contribution is 2.06. The largest absolute Gasteiger partial charge is 0.336 e. The highest BCUT2D eigenvalue weighted by atomic mass is 16.2. The Morgan fingerprint density at radius 1 is 1.67 bits per heavy atom. The molecule has 4 nitrogen and oxygen atoms in total. The maximum atomic E-state index is 11.4. The Kier molecular flexibility index (Phi) is 2.92. The number of nitrogens with zero attached hydrogens (tertiary/aromatic N) is 1. The molecular weight excluding hydrogens is 154 g/mol. The van der Waals surface area contributed by atoms with Crippen molar-refractivity contribution in [3.05, 3.63) is 0 Å². The van der Waals surface area contributed by atoms with Crippen molar-refractivity contribution in [3.8, 4) is 0 Å². The Hall–Kier alpha value is -0.770. The van der Waals surface area contributed by atoms with Crippen LogP contribution < -0.4 is 11.1 Å². The monoisotopic (exact) mass is 171 g/mol. The molecule has 1 rings (SSSR count). The second-order valence-corrected chi connectivity index (χ2v) is 3.60. The molecule has 1 heterocycles. The number of carbonyl (C=O) groups excluding carboxylic acids is 1. The number of nitrogens with one attached hydrogen (secondary N) is 1. The van der Waals surface area contributed by atoms with E-state index >= 15 is 0 Å². The van der Waals surface area contributed by atoms with Crippen molar-refractivity contribution >= 4 is 6.03 Å².